The average molecular weight is 413 g/mol. The molecule has 172 valence electrons. The summed E-state index contributed by atoms with van der Waals surface area (Å²) >= 11 is 0. The monoisotopic (exact) mass is 412 g/mol. The molecule has 5 heteroatoms. The highest BCUT2D eigenvalue weighted by Crippen LogP contribution is 2.11. The maximum atomic E-state index is 11.3. The van der Waals surface area contributed by atoms with Crippen molar-refractivity contribution in [1.29, 1.82) is 0 Å². The molecule has 0 spiro atoms. The van der Waals surface area contributed by atoms with Crippen LogP contribution in [0.2, 0.25) is 0 Å². The summed E-state index contributed by atoms with van der Waals surface area (Å²) in [4.78, 5) is 21.5. The van der Waals surface area contributed by atoms with Gasteiger partial charge in [-0.05, 0) is 32.2 Å². The standard InChI is InChI=1S/C12H25NO2.C12H23NO/c13-11-9-7-5-3-1-2-4-6-8-10-12(14)15;14-12-10-8-6-4-2-1-3-5-7-9-11-13-12/h1-11,13H2,(H,14,15);1-11H2,(H,13,14). The van der Waals surface area contributed by atoms with Crippen molar-refractivity contribution in [3.05, 3.63) is 0 Å². The molecule has 0 atom stereocenters. The van der Waals surface area contributed by atoms with Crippen molar-refractivity contribution in [3.63, 3.8) is 0 Å². The third-order valence-corrected chi connectivity index (χ3v) is 5.50. The molecule has 0 aliphatic carbocycles. The van der Waals surface area contributed by atoms with Crippen LogP contribution in [0, 0.1) is 0 Å². The van der Waals surface area contributed by atoms with Crippen LogP contribution >= 0.6 is 0 Å². The number of hydrogen-bond donors (Lipinski definition) is 3. The van der Waals surface area contributed by atoms with E-state index in [0.29, 0.717) is 6.42 Å². The third-order valence-electron chi connectivity index (χ3n) is 5.50. The molecular weight excluding hydrogens is 364 g/mol. The number of rotatable bonds is 11. The number of nitrogens with two attached hydrogens (primary N) is 1. The first-order valence-electron chi connectivity index (χ1n) is 12.4. The highest BCUT2D eigenvalue weighted by molar-refractivity contribution is 5.75. The second-order valence-electron chi connectivity index (χ2n) is 8.40. The molecule has 0 aromatic rings. The van der Waals surface area contributed by atoms with E-state index in [0.717, 1.165) is 51.6 Å². The average Bonchev–Trinajstić information content (AvgIpc) is 2.72. The Bertz CT molecular complexity index is 359. The molecule has 1 amide bonds. The fourth-order valence-electron chi connectivity index (χ4n) is 3.62. The summed E-state index contributed by atoms with van der Waals surface area (Å²) in [6, 6.07) is 0. The molecule has 4 N–H and O–H groups in total. The Morgan fingerprint density at radius 3 is 1.69 bits per heavy atom. The van der Waals surface area contributed by atoms with Crippen LogP contribution in [0.4, 0.5) is 0 Å². The maximum absolute atomic E-state index is 11.3. The zero-order valence-electron chi connectivity index (χ0n) is 18.9. The fourth-order valence-corrected chi connectivity index (χ4v) is 3.62. The van der Waals surface area contributed by atoms with E-state index in [1.807, 2.05) is 0 Å². The van der Waals surface area contributed by atoms with Crippen molar-refractivity contribution in [2.24, 2.45) is 5.73 Å². The molecule has 5 nitrogen and oxygen atoms in total. The minimum Gasteiger partial charge on any atom is -0.481 e. The molecule has 0 radical (unpaired) electrons. The van der Waals surface area contributed by atoms with Crippen LogP contribution in [0.3, 0.4) is 0 Å². The lowest BCUT2D eigenvalue weighted by Gasteiger charge is -2.03. The predicted octanol–water partition coefficient (Wildman–Crippen LogP) is 5.95. The molecule has 1 aliphatic rings. The van der Waals surface area contributed by atoms with Crippen LogP contribution in [0.15, 0.2) is 0 Å². The molecule has 1 rings (SSSR count). The Labute approximate surface area is 179 Å². The van der Waals surface area contributed by atoms with Gasteiger partial charge < -0.3 is 16.2 Å². The van der Waals surface area contributed by atoms with Gasteiger partial charge in [0.05, 0.1) is 0 Å². The van der Waals surface area contributed by atoms with E-state index in [9.17, 15) is 9.59 Å². The number of carboxylic acids is 1. The van der Waals surface area contributed by atoms with Gasteiger partial charge in [0.2, 0.25) is 5.91 Å². The zero-order valence-corrected chi connectivity index (χ0v) is 18.9. The molecule has 0 aromatic heterocycles. The highest BCUT2D eigenvalue weighted by atomic mass is 16.4. The van der Waals surface area contributed by atoms with Crippen LogP contribution in [0.5, 0.6) is 0 Å². The normalized spacial score (nSPS) is 16.4. The maximum Gasteiger partial charge on any atom is 0.303 e. The van der Waals surface area contributed by atoms with Gasteiger partial charge in [0.25, 0.3) is 0 Å². The molecule has 1 fully saturated rings. The number of aliphatic carboxylic acids is 1. The Kier molecular flexibility index (Phi) is 22.3. The summed E-state index contributed by atoms with van der Waals surface area (Å²) in [5, 5.41) is 11.4. The molecule has 0 unspecified atom stereocenters. The second-order valence-corrected chi connectivity index (χ2v) is 8.40. The quantitative estimate of drug-likeness (QED) is 0.366. The first kappa shape index (κ1) is 27.9. The van der Waals surface area contributed by atoms with Crippen molar-refractivity contribution in [1.82, 2.24) is 5.32 Å². The molecule has 1 saturated heterocycles. The van der Waals surface area contributed by atoms with Crippen molar-refractivity contribution in [3.8, 4) is 0 Å². The minimum absolute atomic E-state index is 0.254. The first-order chi connectivity index (χ1) is 14.2. The summed E-state index contributed by atoms with van der Waals surface area (Å²) in [6.07, 6.45) is 23.2. The van der Waals surface area contributed by atoms with E-state index in [1.54, 1.807) is 0 Å². The van der Waals surface area contributed by atoms with E-state index in [4.69, 9.17) is 10.8 Å². The van der Waals surface area contributed by atoms with Gasteiger partial charge in [-0.3, -0.25) is 9.59 Å². The largest absolute Gasteiger partial charge is 0.481 e. The predicted molar refractivity (Wildman–Crippen MR) is 122 cm³/mol. The van der Waals surface area contributed by atoms with Crippen molar-refractivity contribution >= 4 is 11.9 Å². The SMILES string of the molecule is NCCCCCCCCCCCC(=O)O.O=C1CCCCCCCCCCCN1. The van der Waals surface area contributed by atoms with E-state index in [1.165, 1.54) is 83.5 Å². The summed E-state index contributed by atoms with van der Waals surface area (Å²) in [5.74, 6) is -0.416. The Morgan fingerprint density at radius 1 is 0.724 bits per heavy atom. The molecule has 29 heavy (non-hydrogen) atoms. The van der Waals surface area contributed by atoms with Gasteiger partial charge in [-0.2, -0.15) is 0 Å². The molecule has 1 heterocycles. The van der Waals surface area contributed by atoms with E-state index >= 15 is 0 Å². The van der Waals surface area contributed by atoms with Crippen molar-refractivity contribution in [2.45, 2.75) is 128 Å². The Balaban J connectivity index is 0.000000541. The summed E-state index contributed by atoms with van der Waals surface area (Å²) < 4.78 is 0. The highest BCUT2D eigenvalue weighted by Gasteiger charge is 2.01. The van der Waals surface area contributed by atoms with Crippen molar-refractivity contribution in [2.75, 3.05) is 13.1 Å². The van der Waals surface area contributed by atoms with Crippen LogP contribution in [0.25, 0.3) is 0 Å². The topological polar surface area (TPSA) is 92.4 Å². The number of carbonyl (C=O) groups excluding carboxylic acids is 1. The summed E-state index contributed by atoms with van der Waals surface area (Å²) in [7, 11) is 0. The number of amides is 1. The fraction of sp³-hybridized carbons (Fsp3) is 0.917. The lowest BCUT2D eigenvalue weighted by molar-refractivity contribution is -0.137. The third kappa shape index (κ3) is 24.9. The Hall–Kier alpha value is -1.10. The molecular formula is C24H48N2O3. The van der Waals surface area contributed by atoms with Crippen LogP contribution in [-0.4, -0.2) is 30.1 Å². The Morgan fingerprint density at radius 2 is 1.17 bits per heavy atom. The van der Waals surface area contributed by atoms with Gasteiger partial charge in [0.1, 0.15) is 0 Å². The number of carboxylic acid groups (broad SMARTS) is 1. The van der Waals surface area contributed by atoms with Crippen molar-refractivity contribution < 1.29 is 14.7 Å². The van der Waals surface area contributed by atoms with Gasteiger partial charge in [-0.25, -0.2) is 0 Å². The van der Waals surface area contributed by atoms with Gasteiger partial charge in [-0.1, -0.05) is 89.9 Å². The van der Waals surface area contributed by atoms with Gasteiger partial charge in [0, 0.05) is 19.4 Å². The molecule has 0 bridgehead atoms. The van der Waals surface area contributed by atoms with E-state index < -0.39 is 5.97 Å². The minimum atomic E-state index is -0.670. The number of unbranched alkanes of at least 4 members (excludes halogenated alkanes) is 8. The van der Waals surface area contributed by atoms with E-state index in [-0.39, 0.29) is 5.91 Å². The van der Waals surface area contributed by atoms with Crippen LogP contribution in [0.1, 0.15) is 128 Å². The van der Waals surface area contributed by atoms with Gasteiger partial charge >= 0.3 is 5.97 Å². The zero-order chi connectivity index (χ0) is 21.4. The molecule has 1 aliphatic heterocycles. The van der Waals surface area contributed by atoms with E-state index in [2.05, 4.69) is 5.32 Å². The summed E-state index contributed by atoms with van der Waals surface area (Å²) in [5.41, 5.74) is 5.40. The number of hydrogen-bond acceptors (Lipinski definition) is 3. The van der Waals surface area contributed by atoms with Gasteiger partial charge in [-0.15, -0.1) is 0 Å². The smallest absolute Gasteiger partial charge is 0.303 e. The first-order valence-corrected chi connectivity index (χ1v) is 12.4. The number of nitrogens with one attached hydrogen (secondary N) is 1. The lowest BCUT2D eigenvalue weighted by Crippen LogP contribution is -2.23. The molecule has 0 saturated carbocycles. The van der Waals surface area contributed by atoms with Crippen LogP contribution < -0.4 is 11.1 Å². The second kappa shape index (κ2) is 23.2. The lowest BCUT2D eigenvalue weighted by atomic mass is 10.1. The molecule has 0 aromatic carbocycles. The van der Waals surface area contributed by atoms with Crippen LogP contribution in [-0.2, 0) is 9.59 Å². The number of carbonyl (C=O) groups is 2. The summed E-state index contributed by atoms with van der Waals surface area (Å²) in [6.45, 7) is 1.70. The van der Waals surface area contributed by atoms with Gasteiger partial charge in [0.15, 0.2) is 0 Å².